The number of imidazole rings is 1. The van der Waals surface area contributed by atoms with E-state index < -0.39 is 5.60 Å². The number of nitrogens with one attached hydrogen (secondary N) is 2. The van der Waals surface area contributed by atoms with E-state index >= 15 is 0 Å². The van der Waals surface area contributed by atoms with Gasteiger partial charge in [-0.1, -0.05) is 48.9 Å². The second kappa shape index (κ2) is 9.32. The molecule has 2 aromatic carbocycles. The summed E-state index contributed by atoms with van der Waals surface area (Å²) in [5, 5.41) is 13.9. The molecule has 180 valence electrons. The summed E-state index contributed by atoms with van der Waals surface area (Å²) < 4.78 is 5.91. The topological polar surface area (TPSA) is 100 Å². The molecule has 3 N–H and O–H groups in total. The Labute approximate surface area is 208 Å². The fourth-order valence-corrected chi connectivity index (χ4v) is 4.50. The smallest absolute Gasteiger partial charge is 0.301 e. The van der Waals surface area contributed by atoms with Crippen LogP contribution in [0.5, 0.6) is 11.8 Å². The molecular weight excluding hydrogens is 464 g/mol. The molecule has 4 aromatic rings. The highest BCUT2D eigenvalue weighted by Gasteiger charge is 2.36. The van der Waals surface area contributed by atoms with Gasteiger partial charge in [-0.15, -0.1) is 0 Å². The quantitative estimate of drug-likeness (QED) is 0.300. The first-order valence-corrected chi connectivity index (χ1v) is 12.2. The Morgan fingerprint density at radius 2 is 1.94 bits per heavy atom. The lowest BCUT2D eigenvalue weighted by Crippen LogP contribution is -2.33. The number of nitrogens with zero attached hydrogens (tertiary/aromatic N) is 2. The average Bonchev–Trinajstić information content (AvgIpc) is 3.22. The number of amides is 1. The molecule has 0 bridgehead atoms. The molecule has 0 aliphatic heterocycles. The number of H-pyrrole nitrogens is 1. The summed E-state index contributed by atoms with van der Waals surface area (Å²) in [6.45, 7) is 4.51. The van der Waals surface area contributed by atoms with Gasteiger partial charge >= 0.3 is 6.01 Å². The monoisotopic (exact) mass is 490 g/mol. The van der Waals surface area contributed by atoms with Crippen LogP contribution in [0.15, 0.2) is 48.5 Å². The lowest BCUT2D eigenvalue weighted by molar-refractivity contribution is -0.0387. The van der Waals surface area contributed by atoms with Crippen LogP contribution in [0.3, 0.4) is 0 Å². The molecule has 8 heteroatoms. The van der Waals surface area contributed by atoms with Crippen LogP contribution in [-0.4, -0.2) is 32.5 Å². The Balaban J connectivity index is 1.39. The number of hydrogen-bond donors (Lipinski definition) is 3. The van der Waals surface area contributed by atoms with Crippen molar-refractivity contribution in [2.75, 3.05) is 6.54 Å². The average molecular weight is 491 g/mol. The second-order valence-corrected chi connectivity index (χ2v) is 9.44. The third kappa shape index (κ3) is 4.61. The lowest BCUT2D eigenvalue weighted by atomic mass is 9.75. The number of aryl methyl sites for hydroxylation is 1. The molecule has 1 fully saturated rings. The van der Waals surface area contributed by atoms with Gasteiger partial charge in [0.2, 0.25) is 0 Å². The maximum atomic E-state index is 12.4. The van der Waals surface area contributed by atoms with E-state index in [1.807, 2.05) is 44.2 Å². The Kier molecular flexibility index (Phi) is 6.21. The van der Waals surface area contributed by atoms with Crippen LogP contribution in [0.2, 0.25) is 5.02 Å². The maximum absolute atomic E-state index is 12.4. The van der Waals surface area contributed by atoms with Crippen LogP contribution in [0.4, 0.5) is 0 Å². The normalized spacial score (nSPS) is 14.5. The molecule has 7 nitrogen and oxygen atoms in total. The minimum Gasteiger partial charge on any atom is -0.426 e. The van der Waals surface area contributed by atoms with Crippen molar-refractivity contribution < 1.29 is 14.6 Å². The number of aromatic amines is 1. The highest BCUT2D eigenvalue weighted by Crippen LogP contribution is 2.41. The number of halogens is 1. The molecule has 1 aliphatic carbocycles. The third-order valence-electron chi connectivity index (χ3n) is 6.49. The highest BCUT2D eigenvalue weighted by atomic mass is 35.5. The molecule has 2 heterocycles. The van der Waals surface area contributed by atoms with Crippen LogP contribution < -0.4 is 10.1 Å². The number of carbonyl (C=O) groups excluding carboxylic acids is 1. The zero-order valence-corrected chi connectivity index (χ0v) is 20.4. The van der Waals surface area contributed by atoms with Crippen LogP contribution in [0.25, 0.3) is 22.4 Å². The van der Waals surface area contributed by atoms with Crippen molar-refractivity contribution >= 4 is 28.7 Å². The van der Waals surface area contributed by atoms with Crippen LogP contribution in [-0.2, 0) is 5.60 Å². The summed E-state index contributed by atoms with van der Waals surface area (Å²) in [5.41, 5.74) is 4.19. The molecule has 1 amide bonds. The van der Waals surface area contributed by atoms with Crippen molar-refractivity contribution in [1.29, 1.82) is 0 Å². The molecule has 1 saturated carbocycles. The van der Waals surface area contributed by atoms with E-state index in [-0.39, 0.29) is 11.9 Å². The molecule has 1 aliphatic rings. The molecule has 5 rings (SSSR count). The van der Waals surface area contributed by atoms with Gasteiger partial charge in [0.1, 0.15) is 5.75 Å². The van der Waals surface area contributed by atoms with Gasteiger partial charge in [-0.05, 0) is 61.9 Å². The van der Waals surface area contributed by atoms with E-state index in [0.717, 1.165) is 42.4 Å². The van der Waals surface area contributed by atoms with Crippen molar-refractivity contribution in [3.63, 3.8) is 0 Å². The SMILES string of the molecule is CCCNC(=O)c1cc(Oc2nc3nc(-c4ccc(C5(O)CCC5)cc4)c(Cl)cc3[nH]2)ccc1C. The second-order valence-electron chi connectivity index (χ2n) is 9.03. The third-order valence-corrected chi connectivity index (χ3v) is 6.77. The van der Waals surface area contributed by atoms with Crippen LogP contribution in [0, 0.1) is 6.92 Å². The number of carbonyl (C=O) groups is 1. The molecule has 0 unspecified atom stereocenters. The standard InChI is InChI=1S/C27H27ClN4O3/c1-3-13-29-25(33)20-14-19(10-5-16(20)2)35-26-30-22-15-21(28)23(31-24(22)32-26)17-6-8-18(9-7-17)27(34)11-4-12-27/h5-10,14-15,34H,3-4,11-13H2,1-2H3,(H,29,33)(H,30,31,32). The Bertz CT molecular complexity index is 1390. The summed E-state index contributed by atoms with van der Waals surface area (Å²) in [6, 6.07) is 15.1. The number of pyridine rings is 1. The largest absolute Gasteiger partial charge is 0.426 e. The Hall–Kier alpha value is -3.42. The van der Waals surface area contributed by atoms with E-state index in [2.05, 4.69) is 20.3 Å². The lowest BCUT2D eigenvalue weighted by Gasteiger charge is -2.37. The number of ether oxygens (including phenoxy) is 1. The van der Waals surface area contributed by atoms with Gasteiger partial charge in [0.05, 0.1) is 21.8 Å². The van der Waals surface area contributed by atoms with E-state index in [1.165, 1.54) is 0 Å². The molecule has 0 saturated heterocycles. The van der Waals surface area contributed by atoms with Gasteiger partial charge in [0, 0.05) is 17.7 Å². The zero-order chi connectivity index (χ0) is 24.6. The molecule has 0 radical (unpaired) electrons. The summed E-state index contributed by atoms with van der Waals surface area (Å²) in [5.74, 6) is 0.361. The van der Waals surface area contributed by atoms with Gasteiger partial charge in [0.25, 0.3) is 5.91 Å². The van der Waals surface area contributed by atoms with Gasteiger partial charge < -0.3 is 20.1 Å². The number of benzene rings is 2. The maximum Gasteiger partial charge on any atom is 0.301 e. The highest BCUT2D eigenvalue weighted by molar-refractivity contribution is 6.33. The number of aliphatic hydroxyl groups is 1. The summed E-state index contributed by atoms with van der Waals surface area (Å²) in [7, 11) is 0. The van der Waals surface area contributed by atoms with Crippen molar-refractivity contribution in [3.8, 4) is 23.0 Å². The molecule has 0 atom stereocenters. The zero-order valence-electron chi connectivity index (χ0n) is 19.7. The number of fused-ring (bicyclic) bond motifs is 1. The van der Waals surface area contributed by atoms with Crippen LogP contribution in [0.1, 0.15) is 54.1 Å². The molecular formula is C27H27ClN4O3. The van der Waals surface area contributed by atoms with E-state index in [0.29, 0.717) is 39.7 Å². The van der Waals surface area contributed by atoms with Crippen molar-refractivity contribution in [3.05, 3.63) is 70.2 Å². The number of hydrogen-bond acceptors (Lipinski definition) is 5. The minimum absolute atomic E-state index is 0.132. The molecule has 0 spiro atoms. The minimum atomic E-state index is -0.708. The predicted molar refractivity (Wildman–Crippen MR) is 136 cm³/mol. The van der Waals surface area contributed by atoms with Gasteiger partial charge in [0.15, 0.2) is 5.65 Å². The predicted octanol–water partition coefficient (Wildman–Crippen LogP) is 5.89. The summed E-state index contributed by atoms with van der Waals surface area (Å²) in [4.78, 5) is 24.7. The van der Waals surface area contributed by atoms with Crippen molar-refractivity contribution in [1.82, 2.24) is 20.3 Å². The van der Waals surface area contributed by atoms with Crippen molar-refractivity contribution in [2.24, 2.45) is 0 Å². The first-order valence-electron chi connectivity index (χ1n) is 11.8. The summed E-state index contributed by atoms with van der Waals surface area (Å²) in [6.07, 6.45) is 3.49. The fourth-order valence-electron chi connectivity index (χ4n) is 4.24. The summed E-state index contributed by atoms with van der Waals surface area (Å²) >= 11 is 6.55. The van der Waals surface area contributed by atoms with E-state index in [1.54, 1.807) is 18.2 Å². The molecule has 2 aromatic heterocycles. The first-order chi connectivity index (χ1) is 16.9. The van der Waals surface area contributed by atoms with Gasteiger partial charge in [-0.3, -0.25) is 4.79 Å². The Morgan fingerprint density at radius 3 is 2.63 bits per heavy atom. The Morgan fingerprint density at radius 1 is 1.17 bits per heavy atom. The fraction of sp³-hybridized carbons (Fsp3) is 0.296. The molecule has 35 heavy (non-hydrogen) atoms. The van der Waals surface area contributed by atoms with Crippen molar-refractivity contribution in [2.45, 2.75) is 45.1 Å². The van der Waals surface area contributed by atoms with Crippen LogP contribution >= 0.6 is 11.6 Å². The van der Waals surface area contributed by atoms with E-state index in [9.17, 15) is 9.90 Å². The van der Waals surface area contributed by atoms with Gasteiger partial charge in [-0.2, -0.15) is 4.98 Å². The number of rotatable bonds is 7. The van der Waals surface area contributed by atoms with Gasteiger partial charge in [-0.25, -0.2) is 4.98 Å². The number of aromatic nitrogens is 3. The first kappa shape index (κ1) is 23.3. The van der Waals surface area contributed by atoms with E-state index in [4.69, 9.17) is 16.3 Å².